The molecule has 1 aliphatic heterocycles. The smallest absolute Gasteiger partial charge is 0.306 e. The third kappa shape index (κ3) is 2.58. The maximum Gasteiger partial charge on any atom is 0.306 e. The number of aryl methyl sites for hydroxylation is 2. The van der Waals surface area contributed by atoms with E-state index in [9.17, 15) is 13.2 Å². The Morgan fingerprint density at radius 3 is 2.40 bits per heavy atom. The molecule has 1 saturated heterocycles. The van der Waals surface area contributed by atoms with Crippen molar-refractivity contribution in [2.45, 2.75) is 25.7 Å². The predicted octanol–water partition coefficient (Wildman–Crippen LogP) is 1.64. The van der Waals surface area contributed by atoms with Crippen LogP contribution in [0.15, 0.2) is 23.1 Å². The molecule has 0 saturated carbocycles. The van der Waals surface area contributed by atoms with E-state index in [1.54, 1.807) is 25.1 Å². The van der Waals surface area contributed by atoms with Gasteiger partial charge >= 0.3 is 5.97 Å². The second-order valence-corrected chi connectivity index (χ2v) is 7.39. The highest BCUT2D eigenvalue weighted by atomic mass is 32.2. The van der Waals surface area contributed by atoms with Gasteiger partial charge in [-0.05, 0) is 43.0 Å². The largest absolute Gasteiger partial charge is 0.481 e. The molecule has 1 N–H and O–H groups in total. The summed E-state index contributed by atoms with van der Waals surface area (Å²) in [5, 5.41) is 8.92. The van der Waals surface area contributed by atoms with Crippen LogP contribution in [0.2, 0.25) is 0 Å². The van der Waals surface area contributed by atoms with Crippen LogP contribution >= 0.6 is 0 Å². The first-order chi connectivity index (χ1) is 9.23. The summed E-state index contributed by atoms with van der Waals surface area (Å²) in [5.74, 6) is -1.49. The molecule has 1 fully saturated rings. The summed E-state index contributed by atoms with van der Waals surface area (Å²) in [4.78, 5) is 11.2. The Labute approximate surface area is 119 Å². The van der Waals surface area contributed by atoms with Gasteiger partial charge in [-0.1, -0.05) is 13.0 Å². The van der Waals surface area contributed by atoms with E-state index in [4.69, 9.17) is 5.11 Å². The first kappa shape index (κ1) is 15.0. The van der Waals surface area contributed by atoms with Gasteiger partial charge in [0.1, 0.15) is 0 Å². The fraction of sp³-hybridized carbons (Fsp3) is 0.500. The fourth-order valence-electron chi connectivity index (χ4n) is 2.21. The minimum atomic E-state index is -3.49. The lowest BCUT2D eigenvalue weighted by molar-refractivity contribution is -0.144. The van der Waals surface area contributed by atoms with Gasteiger partial charge < -0.3 is 5.11 Å². The number of hydrogen-bond donors (Lipinski definition) is 1. The number of aliphatic carboxylic acids is 1. The summed E-state index contributed by atoms with van der Waals surface area (Å²) >= 11 is 0. The molecule has 0 bridgehead atoms. The summed E-state index contributed by atoms with van der Waals surface area (Å²) in [5.41, 5.74) is 1.98. The number of nitrogens with zero attached hydrogens (tertiary/aromatic N) is 1. The van der Waals surface area contributed by atoms with Gasteiger partial charge in [-0.25, -0.2) is 8.42 Å². The highest BCUT2D eigenvalue weighted by molar-refractivity contribution is 7.89. The molecule has 0 aliphatic carbocycles. The van der Waals surface area contributed by atoms with Crippen LogP contribution in [-0.2, 0) is 14.8 Å². The zero-order chi connectivity index (χ0) is 15.1. The zero-order valence-electron chi connectivity index (χ0n) is 11.8. The molecule has 1 aliphatic rings. The quantitative estimate of drug-likeness (QED) is 0.917. The topological polar surface area (TPSA) is 74.7 Å². The van der Waals surface area contributed by atoms with Crippen LogP contribution in [-0.4, -0.2) is 36.9 Å². The Hall–Kier alpha value is -1.40. The summed E-state index contributed by atoms with van der Waals surface area (Å²) < 4.78 is 26.1. The number of rotatable bonds is 4. The molecular formula is C14H19NO4S. The fourth-order valence-corrected chi connectivity index (χ4v) is 3.85. The van der Waals surface area contributed by atoms with Crippen molar-refractivity contribution in [2.24, 2.45) is 11.8 Å². The molecule has 0 amide bonds. The number of carboxylic acids is 1. The van der Waals surface area contributed by atoms with E-state index in [2.05, 4.69) is 0 Å². The van der Waals surface area contributed by atoms with E-state index in [0.717, 1.165) is 11.1 Å². The van der Waals surface area contributed by atoms with Gasteiger partial charge in [-0.2, -0.15) is 4.31 Å². The Balaban J connectivity index is 2.14. The van der Waals surface area contributed by atoms with E-state index in [0.29, 0.717) is 0 Å². The number of carboxylic acid groups (broad SMARTS) is 1. The van der Waals surface area contributed by atoms with Gasteiger partial charge in [-0.15, -0.1) is 0 Å². The molecule has 1 aromatic rings. The van der Waals surface area contributed by atoms with E-state index in [-0.39, 0.29) is 23.9 Å². The number of benzene rings is 1. The lowest BCUT2D eigenvalue weighted by Gasteiger charge is -2.40. The van der Waals surface area contributed by atoms with Gasteiger partial charge in [0, 0.05) is 13.1 Å². The van der Waals surface area contributed by atoms with Crippen molar-refractivity contribution in [3.63, 3.8) is 0 Å². The molecule has 1 heterocycles. The second kappa shape index (κ2) is 5.18. The van der Waals surface area contributed by atoms with Crippen LogP contribution in [0.25, 0.3) is 0 Å². The minimum absolute atomic E-state index is 0.103. The van der Waals surface area contributed by atoms with E-state index < -0.39 is 21.9 Å². The van der Waals surface area contributed by atoms with Gasteiger partial charge in [0.25, 0.3) is 0 Å². The molecule has 0 aromatic heterocycles. The molecule has 1 aromatic carbocycles. The molecule has 6 heteroatoms. The summed E-state index contributed by atoms with van der Waals surface area (Å²) in [6, 6.07) is 5.06. The highest BCUT2D eigenvalue weighted by Crippen LogP contribution is 2.30. The molecule has 0 spiro atoms. The normalized spacial score (nSPS) is 18.6. The Kier molecular flexibility index (Phi) is 3.88. The Morgan fingerprint density at radius 1 is 1.30 bits per heavy atom. The van der Waals surface area contributed by atoms with Crippen molar-refractivity contribution in [3.05, 3.63) is 29.3 Å². The highest BCUT2D eigenvalue weighted by Gasteiger charge is 2.41. The van der Waals surface area contributed by atoms with Crippen molar-refractivity contribution >= 4 is 16.0 Å². The standard InChI is InChI=1S/C14H19NO4S/c1-9-4-5-13(6-10(9)2)20(18,19)15-7-12(8-15)11(3)14(16)17/h4-6,11-12H,7-8H2,1-3H3,(H,16,17). The molecule has 5 nitrogen and oxygen atoms in total. The van der Waals surface area contributed by atoms with Gasteiger partial charge in [0.15, 0.2) is 0 Å². The summed E-state index contributed by atoms with van der Waals surface area (Å²) in [6.07, 6.45) is 0. The minimum Gasteiger partial charge on any atom is -0.481 e. The number of carbonyl (C=O) groups is 1. The summed E-state index contributed by atoms with van der Waals surface area (Å²) in [7, 11) is -3.49. The van der Waals surface area contributed by atoms with Crippen LogP contribution in [0, 0.1) is 25.7 Å². The van der Waals surface area contributed by atoms with Gasteiger partial charge in [-0.3, -0.25) is 4.79 Å². The van der Waals surface area contributed by atoms with Crippen LogP contribution in [0.3, 0.4) is 0 Å². The second-order valence-electron chi connectivity index (χ2n) is 5.46. The average Bonchev–Trinajstić information content (AvgIpc) is 2.29. The van der Waals surface area contributed by atoms with E-state index in [1.165, 1.54) is 4.31 Å². The lowest BCUT2D eigenvalue weighted by atomic mass is 9.89. The van der Waals surface area contributed by atoms with E-state index >= 15 is 0 Å². The van der Waals surface area contributed by atoms with Crippen molar-refractivity contribution in [3.8, 4) is 0 Å². The van der Waals surface area contributed by atoms with Crippen molar-refractivity contribution in [1.82, 2.24) is 4.31 Å². The monoisotopic (exact) mass is 297 g/mol. The maximum atomic E-state index is 12.4. The van der Waals surface area contributed by atoms with Gasteiger partial charge in [0.2, 0.25) is 10.0 Å². The molecule has 1 unspecified atom stereocenters. The number of sulfonamides is 1. The molecule has 20 heavy (non-hydrogen) atoms. The van der Waals surface area contributed by atoms with E-state index in [1.807, 2.05) is 13.8 Å². The van der Waals surface area contributed by atoms with Crippen LogP contribution < -0.4 is 0 Å². The first-order valence-electron chi connectivity index (χ1n) is 6.53. The average molecular weight is 297 g/mol. The van der Waals surface area contributed by atoms with Crippen molar-refractivity contribution < 1.29 is 18.3 Å². The maximum absolute atomic E-state index is 12.4. The zero-order valence-corrected chi connectivity index (χ0v) is 12.6. The SMILES string of the molecule is Cc1ccc(S(=O)(=O)N2CC(C(C)C(=O)O)C2)cc1C. The predicted molar refractivity (Wildman–Crippen MR) is 75.0 cm³/mol. The van der Waals surface area contributed by atoms with Crippen molar-refractivity contribution in [2.75, 3.05) is 13.1 Å². The molecule has 2 rings (SSSR count). The molecule has 110 valence electrons. The van der Waals surface area contributed by atoms with Crippen LogP contribution in [0.4, 0.5) is 0 Å². The number of hydrogen-bond acceptors (Lipinski definition) is 3. The summed E-state index contributed by atoms with van der Waals surface area (Å²) in [6.45, 7) is 5.98. The van der Waals surface area contributed by atoms with Crippen molar-refractivity contribution in [1.29, 1.82) is 0 Å². The van der Waals surface area contributed by atoms with Gasteiger partial charge in [0.05, 0.1) is 10.8 Å². The first-order valence-corrected chi connectivity index (χ1v) is 7.97. The Morgan fingerprint density at radius 2 is 1.90 bits per heavy atom. The third-order valence-corrected chi connectivity index (χ3v) is 5.92. The lowest BCUT2D eigenvalue weighted by Crippen LogP contribution is -2.53. The molecule has 1 atom stereocenters. The third-order valence-electron chi connectivity index (χ3n) is 4.09. The van der Waals surface area contributed by atoms with Crippen LogP contribution in [0.5, 0.6) is 0 Å². The van der Waals surface area contributed by atoms with Crippen LogP contribution in [0.1, 0.15) is 18.1 Å². The Bertz CT molecular complexity index is 633. The molecular weight excluding hydrogens is 278 g/mol. The molecule has 0 radical (unpaired) electrons.